The van der Waals surface area contributed by atoms with Gasteiger partial charge in [0.05, 0.1) is 5.01 Å². The van der Waals surface area contributed by atoms with Gasteiger partial charge in [-0.25, -0.2) is 4.98 Å². The number of carbonyl (C=O) groups excluding carboxylic acids is 1. The quantitative estimate of drug-likeness (QED) is 0.920. The first-order chi connectivity index (χ1) is 10.2. The highest BCUT2D eigenvalue weighted by Gasteiger charge is 2.34. The van der Waals surface area contributed by atoms with Gasteiger partial charge in [0.2, 0.25) is 5.91 Å². The minimum Gasteiger partial charge on any atom is -0.353 e. The maximum atomic E-state index is 12.2. The Bertz CT molecular complexity index is 518. The summed E-state index contributed by atoms with van der Waals surface area (Å²) in [4.78, 5) is 19.1. The van der Waals surface area contributed by atoms with E-state index in [0.29, 0.717) is 6.42 Å². The molecule has 2 atom stereocenters. The van der Waals surface area contributed by atoms with Gasteiger partial charge < -0.3 is 5.32 Å². The van der Waals surface area contributed by atoms with Gasteiger partial charge in [0.15, 0.2) is 0 Å². The van der Waals surface area contributed by atoms with Gasteiger partial charge in [0.1, 0.15) is 6.42 Å². The van der Waals surface area contributed by atoms with Gasteiger partial charge in [0, 0.05) is 36.8 Å². The summed E-state index contributed by atoms with van der Waals surface area (Å²) in [5, 5.41) is 3.54. The van der Waals surface area contributed by atoms with Crippen molar-refractivity contribution in [2.45, 2.75) is 45.5 Å². The summed E-state index contributed by atoms with van der Waals surface area (Å²) in [6, 6.07) is -0.186. The third kappa shape index (κ3) is 5.24. The molecule has 1 aromatic heterocycles. The number of halogens is 3. The van der Waals surface area contributed by atoms with Crippen molar-refractivity contribution in [3.05, 3.63) is 16.1 Å². The third-order valence-corrected chi connectivity index (χ3v) is 4.64. The van der Waals surface area contributed by atoms with Crippen LogP contribution in [0.1, 0.15) is 29.7 Å². The molecule has 0 aromatic carbocycles. The fourth-order valence-electron chi connectivity index (χ4n) is 2.73. The maximum absolute atomic E-state index is 12.2. The smallest absolute Gasteiger partial charge is 0.353 e. The lowest BCUT2D eigenvalue weighted by Gasteiger charge is -2.37. The zero-order valence-corrected chi connectivity index (χ0v) is 13.4. The number of carbonyl (C=O) groups is 1. The minimum atomic E-state index is -4.45. The molecule has 1 aromatic rings. The van der Waals surface area contributed by atoms with Crippen molar-refractivity contribution in [2.24, 2.45) is 5.92 Å². The number of hydrogen-bond acceptors (Lipinski definition) is 4. The average Bonchev–Trinajstić information content (AvgIpc) is 2.76. The molecule has 2 heterocycles. The van der Waals surface area contributed by atoms with Crippen LogP contribution in [0.4, 0.5) is 13.2 Å². The SMILES string of the molecule is Cc1ncc(CN2CC[C@H](NC(=O)CC(F)(F)F)[C@H](C)C2)s1. The second kappa shape index (κ2) is 6.95. The minimum absolute atomic E-state index is 0.125. The Morgan fingerprint density at radius 1 is 1.55 bits per heavy atom. The van der Waals surface area contributed by atoms with Gasteiger partial charge in [-0.05, 0) is 19.3 Å². The second-order valence-corrected chi connectivity index (χ2v) is 7.13. The molecule has 0 radical (unpaired) electrons. The molecule has 0 bridgehead atoms. The second-order valence-electron chi connectivity index (χ2n) is 5.81. The Kier molecular flexibility index (Phi) is 5.44. The molecule has 1 saturated heterocycles. The third-order valence-electron chi connectivity index (χ3n) is 3.75. The lowest BCUT2D eigenvalue weighted by molar-refractivity contribution is -0.154. The van der Waals surface area contributed by atoms with Gasteiger partial charge in [-0.2, -0.15) is 13.2 Å². The number of alkyl halides is 3. The Hall–Kier alpha value is -1.15. The Labute approximate surface area is 131 Å². The van der Waals surface area contributed by atoms with Crippen LogP contribution < -0.4 is 5.32 Å². The number of hydrogen-bond donors (Lipinski definition) is 1. The van der Waals surface area contributed by atoms with Crippen LogP contribution >= 0.6 is 11.3 Å². The number of piperidine rings is 1. The number of nitrogens with one attached hydrogen (secondary N) is 1. The van der Waals surface area contributed by atoms with Crippen molar-refractivity contribution in [1.82, 2.24) is 15.2 Å². The van der Waals surface area contributed by atoms with Crippen molar-refractivity contribution < 1.29 is 18.0 Å². The first kappa shape index (κ1) is 17.2. The average molecular weight is 335 g/mol. The number of aryl methyl sites for hydroxylation is 1. The number of likely N-dealkylation sites (tertiary alicyclic amines) is 1. The van der Waals surface area contributed by atoms with E-state index >= 15 is 0 Å². The van der Waals surface area contributed by atoms with E-state index in [1.165, 1.54) is 4.88 Å². The molecule has 1 aliphatic rings. The van der Waals surface area contributed by atoms with Crippen molar-refractivity contribution in [3.63, 3.8) is 0 Å². The van der Waals surface area contributed by atoms with E-state index in [-0.39, 0.29) is 12.0 Å². The lowest BCUT2D eigenvalue weighted by Crippen LogP contribution is -2.50. The van der Waals surface area contributed by atoms with Gasteiger partial charge in [-0.15, -0.1) is 11.3 Å². The summed E-state index contributed by atoms with van der Waals surface area (Å²) >= 11 is 1.65. The van der Waals surface area contributed by atoms with Crippen LogP contribution in [0.15, 0.2) is 6.20 Å². The molecule has 1 fully saturated rings. The molecule has 22 heavy (non-hydrogen) atoms. The predicted molar refractivity (Wildman–Crippen MR) is 78.5 cm³/mol. The van der Waals surface area contributed by atoms with Gasteiger partial charge >= 0.3 is 6.18 Å². The van der Waals surface area contributed by atoms with Gasteiger partial charge in [-0.3, -0.25) is 9.69 Å². The molecule has 0 saturated carbocycles. The summed E-state index contributed by atoms with van der Waals surface area (Å²) in [7, 11) is 0. The molecule has 1 N–H and O–H groups in total. The van der Waals surface area contributed by atoms with Crippen LogP contribution in [0.25, 0.3) is 0 Å². The molecule has 4 nitrogen and oxygen atoms in total. The van der Waals surface area contributed by atoms with E-state index < -0.39 is 18.5 Å². The predicted octanol–water partition coefficient (Wildman–Crippen LogP) is 2.73. The number of nitrogens with zero attached hydrogens (tertiary/aromatic N) is 2. The molecule has 1 amide bonds. The molecule has 0 spiro atoms. The number of amides is 1. The van der Waals surface area contributed by atoms with Crippen LogP contribution in [0.3, 0.4) is 0 Å². The van der Waals surface area contributed by atoms with Crippen LogP contribution in [-0.2, 0) is 11.3 Å². The Morgan fingerprint density at radius 2 is 2.27 bits per heavy atom. The fraction of sp³-hybridized carbons (Fsp3) is 0.714. The zero-order valence-electron chi connectivity index (χ0n) is 12.6. The standard InChI is InChI=1S/C14H20F3N3OS/c1-9-7-20(8-11-6-18-10(2)22-11)4-3-12(9)19-13(21)5-14(15,16)17/h6,9,12H,3-5,7-8H2,1-2H3,(H,19,21)/t9-,12+/m1/s1. The van der Waals surface area contributed by atoms with Crippen molar-refractivity contribution in [1.29, 1.82) is 0 Å². The van der Waals surface area contributed by atoms with Crippen molar-refractivity contribution >= 4 is 17.2 Å². The number of rotatable bonds is 4. The van der Waals surface area contributed by atoms with E-state index in [0.717, 1.165) is 24.6 Å². The summed E-state index contributed by atoms with van der Waals surface area (Å²) in [6.07, 6.45) is -3.32. The molecule has 2 rings (SSSR count). The first-order valence-electron chi connectivity index (χ1n) is 7.22. The van der Waals surface area contributed by atoms with Crippen LogP contribution in [-0.4, -0.2) is 41.1 Å². The van der Waals surface area contributed by atoms with E-state index in [1.54, 1.807) is 11.3 Å². The molecule has 8 heteroatoms. The summed E-state index contributed by atoms with van der Waals surface area (Å²) in [5.74, 6) is -0.809. The summed E-state index contributed by atoms with van der Waals surface area (Å²) < 4.78 is 36.6. The van der Waals surface area contributed by atoms with Crippen LogP contribution in [0.5, 0.6) is 0 Å². The van der Waals surface area contributed by atoms with E-state index in [9.17, 15) is 18.0 Å². The molecule has 0 aliphatic carbocycles. The van der Waals surface area contributed by atoms with Crippen LogP contribution in [0.2, 0.25) is 0 Å². The van der Waals surface area contributed by atoms with E-state index in [2.05, 4.69) is 15.2 Å². The van der Waals surface area contributed by atoms with Crippen molar-refractivity contribution in [3.8, 4) is 0 Å². The molecular weight excluding hydrogens is 315 g/mol. The first-order valence-corrected chi connectivity index (χ1v) is 8.04. The largest absolute Gasteiger partial charge is 0.397 e. The monoisotopic (exact) mass is 335 g/mol. The van der Waals surface area contributed by atoms with Crippen molar-refractivity contribution in [2.75, 3.05) is 13.1 Å². The highest BCUT2D eigenvalue weighted by molar-refractivity contribution is 7.11. The van der Waals surface area contributed by atoms with E-state index in [4.69, 9.17) is 0 Å². The van der Waals surface area contributed by atoms with Gasteiger partial charge in [0.25, 0.3) is 0 Å². The zero-order chi connectivity index (χ0) is 16.3. The topological polar surface area (TPSA) is 45.2 Å². The van der Waals surface area contributed by atoms with Gasteiger partial charge in [-0.1, -0.05) is 6.92 Å². The molecule has 0 unspecified atom stereocenters. The molecular formula is C14H20F3N3OS. The molecule has 124 valence electrons. The normalized spacial score (nSPS) is 23.5. The lowest BCUT2D eigenvalue weighted by atomic mass is 9.93. The van der Waals surface area contributed by atoms with E-state index in [1.807, 2.05) is 20.0 Å². The number of aromatic nitrogens is 1. The summed E-state index contributed by atoms with van der Waals surface area (Å²) in [6.45, 7) is 6.24. The summed E-state index contributed by atoms with van der Waals surface area (Å²) in [5.41, 5.74) is 0. The Balaban J connectivity index is 1.81. The maximum Gasteiger partial charge on any atom is 0.397 e. The highest BCUT2D eigenvalue weighted by atomic mass is 32.1. The van der Waals surface area contributed by atoms with Crippen LogP contribution in [0, 0.1) is 12.8 Å². The molecule has 1 aliphatic heterocycles. The Morgan fingerprint density at radius 3 is 2.82 bits per heavy atom. The highest BCUT2D eigenvalue weighted by Crippen LogP contribution is 2.23. The number of thiazole rings is 1. The fourth-order valence-corrected chi connectivity index (χ4v) is 3.57.